The Morgan fingerprint density at radius 1 is 0.926 bits per heavy atom. The van der Waals surface area contributed by atoms with Crippen molar-refractivity contribution in [2.24, 2.45) is 0 Å². The second-order valence-electron chi connectivity index (χ2n) is 6.09. The van der Waals surface area contributed by atoms with E-state index < -0.39 is 0 Å². The number of hydrogen-bond donors (Lipinski definition) is 1. The molecule has 4 aromatic rings. The lowest BCUT2D eigenvalue weighted by molar-refractivity contribution is 0.248. The first-order chi connectivity index (χ1) is 13.3. The number of aliphatic hydroxyl groups excluding tert-OH is 1. The quantitative estimate of drug-likeness (QED) is 0.531. The minimum Gasteiger partial charge on any atom is -0.492 e. The summed E-state index contributed by atoms with van der Waals surface area (Å²) in [4.78, 5) is 4.61. The summed E-state index contributed by atoms with van der Waals surface area (Å²) in [5.74, 6) is 2.04. The van der Waals surface area contributed by atoms with Gasteiger partial charge in [0.25, 0.3) is 0 Å². The van der Waals surface area contributed by atoms with E-state index in [2.05, 4.69) is 4.98 Å². The van der Waals surface area contributed by atoms with Crippen molar-refractivity contribution in [3.63, 3.8) is 0 Å². The Hall–Kier alpha value is -3.31. The van der Waals surface area contributed by atoms with Crippen LogP contribution in [0.4, 0.5) is 0 Å². The lowest BCUT2D eigenvalue weighted by Crippen LogP contribution is -2.08. The van der Waals surface area contributed by atoms with Crippen molar-refractivity contribution < 1.29 is 14.3 Å². The number of aromatic nitrogens is 2. The number of ether oxygens (including phenoxy) is 1. The minimum atomic E-state index is -0.133. The van der Waals surface area contributed by atoms with E-state index >= 15 is 0 Å². The maximum atomic E-state index is 9.34. The highest BCUT2D eigenvalue weighted by atomic mass is 16.5. The third-order valence-electron chi connectivity index (χ3n) is 4.28. The Morgan fingerprint density at radius 3 is 2.37 bits per heavy atom. The monoisotopic (exact) mass is 360 g/mol. The van der Waals surface area contributed by atoms with Gasteiger partial charge in [0.05, 0.1) is 18.6 Å². The summed E-state index contributed by atoms with van der Waals surface area (Å²) in [6, 6.07) is 23.4. The highest BCUT2D eigenvalue weighted by Crippen LogP contribution is 2.32. The molecular weight excluding hydrogens is 340 g/mol. The second kappa shape index (κ2) is 7.93. The van der Waals surface area contributed by atoms with E-state index in [0.717, 1.165) is 22.7 Å². The third kappa shape index (κ3) is 3.78. The van der Waals surface area contributed by atoms with Gasteiger partial charge in [0, 0.05) is 5.56 Å². The lowest BCUT2D eigenvalue weighted by atomic mass is 10.1. The second-order valence-corrected chi connectivity index (χ2v) is 6.09. The molecule has 2 aromatic carbocycles. The van der Waals surface area contributed by atoms with Crippen LogP contribution >= 0.6 is 0 Å². The zero-order chi connectivity index (χ0) is 18.5. The van der Waals surface area contributed by atoms with E-state index in [4.69, 9.17) is 9.15 Å². The van der Waals surface area contributed by atoms with E-state index in [-0.39, 0.29) is 6.61 Å². The largest absolute Gasteiger partial charge is 0.492 e. The molecule has 0 saturated heterocycles. The molecule has 2 aromatic heterocycles. The van der Waals surface area contributed by atoms with Crippen LogP contribution < -0.4 is 4.74 Å². The number of imidazole rings is 1. The smallest absolute Gasteiger partial charge is 0.153 e. The Balaban J connectivity index is 1.63. The van der Waals surface area contributed by atoms with E-state index in [9.17, 15) is 5.11 Å². The van der Waals surface area contributed by atoms with Crippen molar-refractivity contribution in [3.8, 4) is 28.5 Å². The molecule has 0 aliphatic rings. The van der Waals surface area contributed by atoms with Crippen LogP contribution in [0.1, 0.15) is 5.76 Å². The van der Waals surface area contributed by atoms with Crippen molar-refractivity contribution in [3.05, 3.63) is 84.9 Å². The highest BCUT2D eigenvalue weighted by molar-refractivity contribution is 5.76. The molecule has 0 amide bonds. The summed E-state index contributed by atoms with van der Waals surface area (Å²) < 4.78 is 13.6. The molecule has 5 nitrogen and oxygen atoms in total. The van der Waals surface area contributed by atoms with Crippen LogP contribution in [0, 0.1) is 0 Å². The zero-order valence-corrected chi connectivity index (χ0v) is 14.8. The van der Waals surface area contributed by atoms with Crippen LogP contribution in [-0.4, -0.2) is 21.3 Å². The number of furan rings is 1. The van der Waals surface area contributed by atoms with Gasteiger partial charge in [0.1, 0.15) is 30.4 Å². The van der Waals surface area contributed by atoms with E-state index in [1.807, 2.05) is 71.3 Å². The number of benzene rings is 2. The van der Waals surface area contributed by atoms with Crippen molar-refractivity contribution in [1.29, 1.82) is 0 Å². The molecule has 0 bridgehead atoms. The fraction of sp³-hybridized carbons (Fsp3) is 0.136. The molecule has 2 heterocycles. The molecule has 0 atom stereocenters. The van der Waals surface area contributed by atoms with Crippen LogP contribution in [0.15, 0.2) is 83.5 Å². The predicted molar refractivity (Wildman–Crippen MR) is 103 cm³/mol. The number of rotatable bonds is 7. The van der Waals surface area contributed by atoms with Crippen LogP contribution in [0.2, 0.25) is 0 Å². The van der Waals surface area contributed by atoms with Gasteiger partial charge in [-0.1, -0.05) is 48.5 Å². The maximum Gasteiger partial charge on any atom is 0.153 e. The predicted octanol–water partition coefficient (Wildman–Crippen LogP) is 4.38. The van der Waals surface area contributed by atoms with Crippen LogP contribution in [0.25, 0.3) is 22.7 Å². The van der Waals surface area contributed by atoms with Gasteiger partial charge < -0.3 is 18.8 Å². The SMILES string of the molecule is OCc1ccc(-c2c(-c3ccccc3)ncn2CCOc2ccccc2)o1. The van der Waals surface area contributed by atoms with Crippen molar-refractivity contribution in [2.75, 3.05) is 6.61 Å². The molecule has 136 valence electrons. The number of para-hydroxylation sites is 1. The van der Waals surface area contributed by atoms with Crippen LogP contribution in [0.5, 0.6) is 5.75 Å². The minimum absolute atomic E-state index is 0.133. The number of aliphatic hydroxyl groups is 1. The van der Waals surface area contributed by atoms with Gasteiger partial charge in [0.2, 0.25) is 0 Å². The van der Waals surface area contributed by atoms with Gasteiger partial charge >= 0.3 is 0 Å². The number of nitrogens with zero attached hydrogens (tertiary/aromatic N) is 2. The summed E-state index contributed by atoms with van der Waals surface area (Å²) >= 11 is 0. The fourth-order valence-corrected chi connectivity index (χ4v) is 2.99. The topological polar surface area (TPSA) is 60.4 Å². The van der Waals surface area contributed by atoms with Crippen molar-refractivity contribution >= 4 is 0 Å². The van der Waals surface area contributed by atoms with E-state index in [1.165, 1.54) is 0 Å². The molecule has 0 aliphatic heterocycles. The molecule has 0 spiro atoms. The standard InChI is InChI=1S/C22H20N2O3/c25-15-19-11-12-20(27-19)22-21(17-7-3-1-4-8-17)23-16-24(22)13-14-26-18-9-5-2-6-10-18/h1-12,16,25H,13-15H2. The fourth-order valence-electron chi connectivity index (χ4n) is 2.99. The average Bonchev–Trinajstić information content (AvgIpc) is 3.36. The lowest BCUT2D eigenvalue weighted by Gasteiger charge is -2.10. The first kappa shape index (κ1) is 17.1. The normalized spacial score (nSPS) is 10.9. The Morgan fingerprint density at radius 2 is 1.67 bits per heavy atom. The Kier molecular flexibility index (Phi) is 5.03. The van der Waals surface area contributed by atoms with Crippen LogP contribution in [0.3, 0.4) is 0 Å². The molecule has 0 saturated carbocycles. The summed E-state index contributed by atoms with van der Waals surface area (Å²) in [7, 11) is 0. The summed E-state index contributed by atoms with van der Waals surface area (Å²) in [6.07, 6.45) is 1.80. The molecule has 27 heavy (non-hydrogen) atoms. The first-order valence-electron chi connectivity index (χ1n) is 8.83. The summed E-state index contributed by atoms with van der Waals surface area (Å²) in [6.45, 7) is 1.00. The number of hydrogen-bond acceptors (Lipinski definition) is 4. The summed E-state index contributed by atoms with van der Waals surface area (Å²) in [5.41, 5.74) is 2.73. The molecule has 0 unspecified atom stereocenters. The average molecular weight is 360 g/mol. The molecule has 0 radical (unpaired) electrons. The molecule has 1 N–H and O–H groups in total. The van der Waals surface area contributed by atoms with E-state index in [0.29, 0.717) is 24.7 Å². The Labute approximate surface area is 157 Å². The molecule has 4 rings (SSSR count). The first-order valence-corrected chi connectivity index (χ1v) is 8.83. The van der Waals surface area contributed by atoms with Crippen molar-refractivity contribution in [1.82, 2.24) is 9.55 Å². The van der Waals surface area contributed by atoms with Gasteiger partial charge in [0.15, 0.2) is 5.76 Å². The molecule has 0 aliphatic carbocycles. The zero-order valence-electron chi connectivity index (χ0n) is 14.8. The van der Waals surface area contributed by atoms with Gasteiger partial charge in [-0.2, -0.15) is 0 Å². The molecule has 5 heteroatoms. The van der Waals surface area contributed by atoms with Gasteiger partial charge in [-0.25, -0.2) is 4.98 Å². The van der Waals surface area contributed by atoms with Gasteiger partial charge in [-0.05, 0) is 24.3 Å². The molecular formula is C22H20N2O3. The van der Waals surface area contributed by atoms with Crippen LogP contribution in [-0.2, 0) is 13.2 Å². The highest BCUT2D eigenvalue weighted by Gasteiger charge is 2.18. The third-order valence-corrected chi connectivity index (χ3v) is 4.28. The van der Waals surface area contributed by atoms with E-state index in [1.54, 1.807) is 12.4 Å². The van der Waals surface area contributed by atoms with Gasteiger partial charge in [-0.15, -0.1) is 0 Å². The maximum absolute atomic E-state index is 9.34. The molecule has 0 fully saturated rings. The Bertz CT molecular complexity index is 991. The van der Waals surface area contributed by atoms with Crippen molar-refractivity contribution in [2.45, 2.75) is 13.2 Å². The van der Waals surface area contributed by atoms with Gasteiger partial charge in [-0.3, -0.25) is 0 Å². The summed E-state index contributed by atoms with van der Waals surface area (Å²) in [5, 5.41) is 9.34.